The molecule has 2 fully saturated rings. The molecule has 0 aliphatic carbocycles. The summed E-state index contributed by atoms with van der Waals surface area (Å²) in [4.78, 5) is 19.1. The summed E-state index contributed by atoms with van der Waals surface area (Å²) in [5.74, 6) is -0.0482. The smallest absolute Gasteiger partial charge is 0.255 e. The van der Waals surface area contributed by atoms with Gasteiger partial charge in [0.15, 0.2) is 5.60 Å². The van der Waals surface area contributed by atoms with Crippen molar-refractivity contribution < 1.29 is 9.63 Å². The van der Waals surface area contributed by atoms with Gasteiger partial charge in [-0.05, 0) is 37.6 Å². The van der Waals surface area contributed by atoms with Crippen molar-refractivity contribution >= 4 is 23.2 Å². The van der Waals surface area contributed by atoms with Gasteiger partial charge >= 0.3 is 0 Å². The van der Waals surface area contributed by atoms with Crippen LogP contribution in [0.3, 0.4) is 0 Å². The topological polar surface area (TPSA) is 41.6 Å². The Bertz CT molecular complexity index is 808. The average Bonchev–Trinajstić information content (AvgIpc) is 3.05. The minimum atomic E-state index is -0.858. The molecule has 1 amide bonds. The largest absolute Gasteiger partial charge is 0.348 e. The van der Waals surface area contributed by atoms with Gasteiger partial charge in [0, 0.05) is 23.4 Å². The van der Waals surface area contributed by atoms with E-state index in [1.54, 1.807) is 0 Å². The van der Waals surface area contributed by atoms with E-state index in [9.17, 15) is 4.79 Å². The molecular formula is C20H21ClN2O2. The van der Waals surface area contributed by atoms with Crippen LogP contribution in [0, 0.1) is 0 Å². The lowest BCUT2D eigenvalue weighted by Gasteiger charge is -2.26. The van der Waals surface area contributed by atoms with Crippen LogP contribution in [-0.2, 0) is 9.63 Å². The summed E-state index contributed by atoms with van der Waals surface area (Å²) in [7, 11) is 0. The lowest BCUT2D eigenvalue weighted by atomic mass is 9.86. The van der Waals surface area contributed by atoms with Crippen molar-refractivity contribution in [1.82, 2.24) is 5.32 Å². The third-order valence-electron chi connectivity index (χ3n) is 4.95. The van der Waals surface area contributed by atoms with Crippen molar-refractivity contribution in [2.24, 2.45) is 0 Å². The van der Waals surface area contributed by atoms with E-state index in [1.807, 2.05) is 73.5 Å². The zero-order valence-electron chi connectivity index (χ0n) is 14.3. The molecule has 0 bridgehead atoms. The van der Waals surface area contributed by atoms with Crippen LogP contribution in [0.5, 0.6) is 0 Å². The predicted molar refractivity (Wildman–Crippen MR) is 98.4 cm³/mol. The number of halogens is 1. The molecule has 1 N–H and O–H groups in total. The molecule has 2 heterocycles. The Morgan fingerprint density at radius 1 is 1.12 bits per heavy atom. The van der Waals surface area contributed by atoms with Crippen LogP contribution < -0.4 is 10.4 Å². The second-order valence-electron chi connectivity index (χ2n) is 7.50. The fourth-order valence-corrected chi connectivity index (χ4v) is 4.23. The molecule has 0 saturated carbocycles. The maximum Gasteiger partial charge on any atom is 0.255 e. The molecule has 2 aromatic rings. The Balaban J connectivity index is 1.78. The molecule has 0 aromatic heterocycles. The molecule has 2 atom stereocenters. The number of hydrogen-bond acceptors (Lipinski definition) is 3. The Morgan fingerprint density at radius 2 is 1.80 bits per heavy atom. The normalized spacial score (nSPS) is 27.7. The van der Waals surface area contributed by atoms with E-state index in [4.69, 9.17) is 16.4 Å². The summed E-state index contributed by atoms with van der Waals surface area (Å²) in [6.07, 6.45) is 1.20. The highest BCUT2D eigenvalue weighted by molar-refractivity contribution is 6.31. The molecule has 130 valence electrons. The van der Waals surface area contributed by atoms with E-state index >= 15 is 0 Å². The molecule has 1 spiro atoms. The molecule has 4 nitrogen and oxygen atoms in total. The first-order chi connectivity index (χ1) is 11.9. The maximum absolute atomic E-state index is 12.8. The third-order valence-corrected chi connectivity index (χ3v) is 5.29. The van der Waals surface area contributed by atoms with Crippen LogP contribution in [0.1, 0.15) is 38.3 Å². The first kappa shape index (κ1) is 16.4. The van der Waals surface area contributed by atoms with Gasteiger partial charge in [0.25, 0.3) is 5.91 Å². The molecule has 2 aliphatic rings. The van der Waals surface area contributed by atoms with Crippen LogP contribution in [0.25, 0.3) is 0 Å². The third kappa shape index (κ3) is 2.79. The standard InChI is InChI=1S/C20H21ClN2O2/c1-19(2)13-20(18(24)22-19)12-17(15-10-6-7-11-16(15)21)23(25-20)14-8-4-3-5-9-14/h3-11,17H,12-13H2,1-2H3,(H,22,24)/t17-,20+/m1/s1. The fourth-order valence-electron chi connectivity index (χ4n) is 3.97. The number of para-hydroxylation sites is 1. The van der Waals surface area contributed by atoms with Crippen LogP contribution in [0.15, 0.2) is 54.6 Å². The van der Waals surface area contributed by atoms with E-state index in [-0.39, 0.29) is 17.5 Å². The zero-order valence-corrected chi connectivity index (χ0v) is 15.1. The molecular weight excluding hydrogens is 336 g/mol. The molecule has 0 unspecified atom stereocenters. The molecule has 4 rings (SSSR count). The average molecular weight is 357 g/mol. The minimum absolute atomic E-state index is 0.0482. The van der Waals surface area contributed by atoms with Gasteiger partial charge in [-0.3, -0.25) is 9.63 Å². The zero-order chi connectivity index (χ0) is 17.7. The van der Waals surface area contributed by atoms with E-state index in [0.717, 1.165) is 11.3 Å². The van der Waals surface area contributed by atoms with Crippen molar-refractivity contribution in [3.05, 3.63) is 65.2 Å². The fraction of sp³-hybridized carbons (Fsp3) is 0.350. The first-order valence-electron chi connectivity index (χ1n) is 8.51. The first-order valence-corrected chi connectivity index (χ1v) is 8.89. The highest BCUT2D eigenvalue weighted by Gasteiger charge is 2.59. The number of rotatable bonds is 2. The monoisotopic (exact) mass is 356 g/mol. The van der Waals surface area contributed by atoms with Crippen LogP contribution >= 0.6 is 11.6 Å². The summed E-state index contributed by atoms with van der Waals surface area (Å²) in [6.45, 7) is 4.05. The SMILES string of the molecule is CC1(C)C[C@@]2(C[C@H](c3ccccc3Cl)N(c3ccccc3)O2)C(=O)N1. The van der Waals surface area contributed by atoms with Crippen LogP contribution in [-0.4, -0.2) is 17.0 Å². The minimum Gasteiger partial charge on any atom is -0.348 e. The predicted octanol–water partition coefficient (Wildman–Crippen LogP) is 4.26. The number of carbonyl (C=O) groups excluding carboxylic acids is 1. The van der Waals surface area contributed by atoms with Crippen molar-refractivity contribution in [2.45, 2.75) is 43.9 Å². The number of amides is 1. The number of nitrogens with one attached hydrogen (secondary N) is 1. The van der Waals surface area contributed by atoms with Crippen molar-refractivity contribution in [3.8, 4) is 0 Å². The Hall–Kier alpha value is -2.04. The Labute approximate surface area is 152 Å². The summed E-state index contributed by atoms with van der Waals surface area (Å²) in [5.41, 5.74) is 0.752. The molecule has 2 aliphatic heterocycles. The maximum atomic E-state index is 12.8. The van der Waals surface area contributed by atoms with E-state index < -0.39 is 5.60 Å². The van der Waals surface area contributed by atoms with E-state index in [0.29, 0.717) is 17.9 Å². The number of hydroxylamine groups is 1. The van der Waals surface area contributed by atoms with Crippen LogP contribution in [0.4, 0.5) is 5.69 Å². The van der Waals surface area contributed by atoms with Gasteiger partial charge in [-0.1, -0.05) is 48.0 Å². The molecule has 2 aromatic carbocycles. The second-order valence-corrected chi connectivity index (χ2v) is 7.91. The number of benzene rings is 2. The van der Waals surface area contributed by atoms with Gasteiger partial charge in [0.1, 0.15) is 0 Å². The van der Waals surface area contributed by atoms with Gasteiger partial charge in [-0.25, -0.2) is 5.06 Å². The van der Waals surface area contributed by atoms with Crippen molar-refractivity contribution in [1.29, 1.82) is 0 Å². The Kier molecular flexibility index (Phi) is 3.78. The molecule has 2 saturated heterocycles. The molecule has 5 heteroatoms. The summed E-state index contributed by atoms with van der Waals surface area (Å²) in [5, 5.41) is 5.60. The number of anilines is 1. The van der Waals surface area contributed by atoms with Gasteiger partial charge in [0.05, 0.1) is 11.7 Å². The lowest BCUT2D eigenvalue weighted by molar-refractivity contribution is -0.137. The summed E-state index contributed by atoms with van der Waals surface area (Å²) >= 11 is 6.46. The van der Waals surface area contributed by atoms with E-state index in [2.05, 4.69) is 5.32 Å². The second kappa shape index (κ2) is 5.75. The number of carbonyl (C=O) groups is 1. The van der Waals surface area contributed by atoms with Gasteiger partial charge in [-0.2, -0.15) is 0 Å². The van der Waals surface area contributed by atoms with Crippen molar-refractivity contribution in [3.63, 3.8) is 0 Å². The quantitative estimate of drug-likeness (QED) is 0.874. The number of nitrogens with zero attached hydrogens (tertiary/aromatic N) is 1. The van der Waals surface area contributed by atoms with Gasteiger partial charge in [0.2, 0.25) is 0 Å². The van der Waals surface area contributed by atoms with Gasteiger partial charge < -0.3 is 5.32 Å². The Morgan fingerprint density at radius 3 is 2.44 bits per heavy atom. The summed E-state index contributed by atoms with van der Waals surface area (Å²) < 4.78 is 0. The molecule has 0 radical (unpaired) electrons. The highest BCUT2D eigenvalue weighted by atomic mass is 35.5. The van der Waals surface area contributed by atoms with Crippen LogP contribution in [0.2, 0.25) is 5.02 Å². The van der Waals surface area contributed by atoms with Gasteiger partial charge in [-0.15, -0.1) is 0 Å². The molecule has 25 heavy (non-hydrogen) atoms. The lowest BCUT2D eigenvalue weighted by Crippen LogP contribution is -2.39. The van der Waals surface area contributed by atoms with E-state index in [1.165, 1.54) is 0 Å². The van der Waals surface area contributed by atoms with Crippen molar-refractivity contribution in [2.75, 3.05) is 5.06 Å². The highest BCUT2D eigenvalue weighted by Crippen LogP contribution is 2.49. The number of hydrogen-bond donors (Lipinski definition) is 1. The summed E-state index contributed by atoms with van der Waals surface area (Å²) in [6, 6.07) is 17.5.